The van der Waals surface area contributed by atoms with Crippen molar-refractivity contribution in [3.8, 4) is 0 Å². The maximum atomic E-state index is 9.42. The topological polar surface area (TPSA) is 17.1 Å². The van der Waals surface area contributed by atoms with Gasteiger partial charge < -0.3 is 0 Å². The van der Waals surface area contributed by atoms with Gasteiger partial charge in [0.05, 0.1) is 0 Å². The monoisotopic (exact) mass is 1090 g/mol. The molecule has 6 rings (SSSR count). The summed E-state index contributed by atoms with van der Waals surface area (Å²) in [5, 5.41) is 0. The number of carbonyl (C=O) groups excluding carboxylic acids is 1. The summed E-state index contributed by atoms with van der Waals surface area (Å²) in [6, 6.07) is 65.8. The van der Waals surface area contributed by atoms with E-state index in [0.29, 0.717) is 0 Å². The van der Waals surface area contributed by atoms with Crippen LogP contribution in [0.25, 0.3) is 0 Å². The second-order valence-corrected chi connectivity index (χ2v) is 25.6. The minimum atomic E-state index is -1.83. The molecule has 6 aromatic rings. The summed E-state index contributed by atoms with van der Waals surface area (Å²) in [7, 11) is 0. The fraction of sp³-hybridized carbons (Fsp3) is 0. The van der Waals surface area contributed by atoms with Crippen LogP contribution in [0, 0.1) is 0 Å². The average molecular weight is 1090 g/mol. The van der Waals surface area contributed by atoms with Gasteiger partial charge in [-0.15, -0.1) is 0 Å². The molecule has 217 valence electrons. The Bertz CT molecular complexity index is 1280. The number of halogens is 2. The van der Waals surface area contributed by atoms with Crippen LogP contribution in [-0.4, -0.2) is 42.2 Å². The Hall–Kier alpha value is -1.29. The predicted octanol–water partition coefficient (Wildman–Crippen LogP) is 6.38. The van der Waals surface area contributed by atoms with Gasteiger partial charge in [0, 0.05) is 64.7 Å². The van der Waals surface area contributed by atoms with Crippen LogP contribution in [0.1, 0.15) is 0 Å². The van der Waals surface area contributed by atoms with Crippen LogP contribution in [0.15, 0.2) is 182 Å². The Labute approximate surface area is 310 Å². The fourth-order valence-electron chi connectivity index (χ4n) is 4.36. The van der Waals surface area contributed by atoms with E-state index in [9.17, 15) is 4.79 Å². The van der Waals surface area contributed by atoms with E-state index >= 15 is 0 Å². The summed E-state index contributed by atoms with van der Waals surface area (Å²) >= 11 is -0.270. The molecule has 0 heterocycles. The first-order valence-electron chi connectivity index (χ1n) is 13.4. The fourth-order valence-corrected chi connectivity index (χ4v) is 17.5. The molecule has 1 radical (unpaired) electrons. The van der Waals surface area contributed by atoms with Crippen molar-refractivity contribution in [3.05, 3.63) is 182 Å². The van der Waals surface area contributed by atoms with Gasteiger partial charge in [-0.2, -0.15) is 0 Å². The standard InChI is InChI=1S/6C6H5.CI2O.Rh.2Sb/c6*1-2-4-6-5-3-1;2-1(3)4;;;/h6*1-5H;;;;. The van der Waals surface area contributed by atoms with E-state index in [1.54, 1.807) is 45.2 Å². The summed E-state index contributed by atoms with van der Waals surface area (Å²) < 4.78 is 9.21. The third-order valence-corrected chi connectivity index (χ3v) is 20.0. The summed E-state index contributed by atoms with van der Waals surface area (Å²) in [4.78, 5) is 9.42. The Morgan fingerprint density at radius 3 is 0.558 bits per heavy atom. The summed E-state index contributed by atoms with van der Waals surface area (Å²) in [5.41, 5.74) is 0. The van der Waals surface area contributed by atoms with E-state index in [2.05, 4.69) is 182 Å². The second-order valence-electron chi connectivity index (χ2n) is 8.91. The van der Waals surface area contributed by atoms with E-state index in [-0.39, 0.29) is 21.3 Å². The molecule has 43 heavy (non-hydrogen) atoms. The van der Waals surface area contributed by atoms with Crippen LogP contribution in [-0.2, 0) is 19.5 Å². The molecule has 0 saturated carbocycles. The molecule has 0 aliphatic rings. The maximum absolute atomic E-state index is 9.42. The van der Waals surface area contributed by atoms with E-state index < -0.39 is 40.4 Å². The molecule has 0 spiro atoms. The van der Waals surface area contributed by atoms with Gasteiger partial charge in [0.25, 0.3) is 1.80 Å². The molecule has 0 bridgehead atoms. The van der Waals surface area contributed by atoms with Gasteiger partial charge in [-0.05, 0) is 0 Å². The SMILES string of the molecule is O=C(I)I.[Rh].c1cc[c]([Sb]([c]2ccccc2)[c]2ccccc2)cc1.c1cc[c]([Sb]([c]2ccccc2)[c]2ccccc2)cc1. The van der Waals surface area contributed by atoms with Crippen LogP contribution >= 0.6 is 45.2 Å². The molecule has 0 unspecified atom stereocenters. The van der Waals surface area contributed by atoms with Gasteiger partial charge in [0.2, 0.25) is 0 Å². The molecule has 6 aromatic carbocycles. The molecular weight excluding hydrogens is 1060 g/mol. The van der Waals surface area contributed by atoms with Gasteiger partial charge in [-0.1, -0.05) is 0 Å². The Balaban J connectivity index is 0.000000206. The van der Waals surface area contributed by atoms with Crippen LogP contribution < -0.4 is 21.1 Å². The van der Waals surface area contributed by atoms with Crippen LogP contribution in [0.5, 0.6) is 0 Å². The summed E-state index contributed by atoms with van der Waals surface area (Å²) in [6.45, 7) is 0. The van der Waals surface area contributed by atoms with Gasteiger partial charge >= 0.3 is 243 Å². The first kappa shape index (κ1) is 36.2. The van der Waals surface area contributed by atoms with Crippen molar-refractivity contribution in [1.82, 2.24) is 0 Å². The predicted molar refractivity (Wildman–Crippen MR) is 201 cm³/mol. The van der Waals surface area contributed by atoms with Crippen LogP contribution in [0.2, 0.25) is 0 Å². The van der Waals surface area contributed by atoms with Gasteiger partial charge in [-0.25, -0.2) is 0 Å². The molecular formula is C37H30I2ORhSb2. The number of rotatable bonds is 6. The van der Waals surface area contributed by atoms with E-state index in [1.807, 2.05) is 0 Å². The van der Waals surface area contributed by atoms with Crippen molar-refractivity contribution in [3.63, 3.8) is 0 Å². The molecule has 0 aliphatic heterocycles. The average Bonchev–Trinajstić information content (AvgIpc) is 3.05. The Morgan fingerprint density at radius 2 is 0.442 bits per heavy atom. The summed E-state index contributed by atoms with van der Waals surface area (Å²) in [5.74, 6) is 0. The van der Waals surface area contributed by atoms with E-state index in [4.69, 9.17) is 0 Å². The number of hydrogen-bond donors (Lipinski definition) is 0. The zero-order valence-corrected chi connectivity index (χ0v) is 34.3. The molecule has 0 atom stereocenters. The quantitative estimate of drug-likeness (QED) is 0.108. The van der Waals surface area contributed by atoms with Gasteiger partial charge in [0.15, 0.2) is 0 Å². The molecule has 0 fully saturated rings. The second kappa shape index (κ2) is 20.7. The molecule has 0 aliphatic carbocycles. The molecule has 0 amide bonds. The van der Waals surface area contributed by atoms with E-state index in [0.717, 1.165) is 0 Å². The Kier molecular flexibility index (Phi) is 17.4. The van der Waals surface area contributed by atoms with Crippen LogP contribution in [0.3, 0.4) is 0 Å². The van der Waals surface area contributed by atoms with E-state index in [1.165, 1.54) is 21.1 Å². The zero-order chi connectivity index (χ0) is 29.4. The normalized spacial score (nSPS) is 9.95. The van der Waals surface area contributed by atoms with Crippen LogP contribution in [0.4, 0.5) is 4.79 Å². The molecule has 6 heteroatoms. The molecule has 1 nitrogen and oxygen atoms in total. The Morgan fingerprint density at radius 1 is 0.326 bits per heavy atom. The minimum absolute atomic E-state index is 0. The first-order chi connectivity index (χ1) is 20.6. The van der Waals surface area contributed by atoms with Crippen molar-refractivity contribution < 1.29 is 24.3 Å². The number of carbonyl (C=O) groups is 1. The number of hydrogen-bond acceptors (Lipinski definition) is 1. The molecule has 0 saturated heterocycles. The van der Waals surface area contributed by atoms with Crippen molar-refractivity contribution >= 4 is 108 Å². The first-order valence-corrected chi connectivity index (χ1v) is 23.2. The zero-order valence-electron chi connectivity index (χ0n) is 23.2. The van der Waals surface area contributed by atoms with Crippen molar-refractivity contribution in [2.75, 3.05) is 0 Å². The van der Waals surface area contributed by atoms with Crippen molar-refractivity contribution in [1.29, 1.82) is 0 Å². The third kappa shape index (κ3) is 12.2. The van der Waals surface area contributed by atoms with Gasteiger partial charge in [0.1, 0.15) is 0 Å². The molecule has 0 aromatic heterocycles. The van der Waals surface area contributed by atoms with Gasteiger partial charge in [-0.3, -0.25) is 4.79 Å². The van der Waals surface area contributed by atoms with Crippen molar-refractivity contribution in [2.24, 2.45) is 0 Å². The third-order valence-electron chi connectivity index (χ3n) is 6.09. The number of benzene rings is 6. The van der Waals surface area contributed by atoms with Crippen molar-refractivity contribution in [2.45, 2.75) is 0 Å². The molecule has 0 N–H and O–H groups in total. The summed E-state index contributed by atoms with van der Waals surface area (Å²) in [6.07, 6.45) is 0.